The maximum absolute atomic E-state index is 12.2. The minimum atomic E-state index is -3.65. The zero-order valence-electron chi connectivity index (χ0n) is 9.84. The van der Waals surface area contributed by atoms with Crippen LogP contribution in [0.1, 0.15) is 10.4 Å². The second kappa shape index (κ2) is 5.33. The third-order valence-corrected chi connectivity index (χ3v) is 5.86. The van der Waals surface area contributed by atoms with Gasteiger partial charge >= 0.3 is 0 Å². The number of rotatable bonds is 3. The third kappa shape index (κ3) is 3.15. The molecular formula is C12H9BrN2O2S2. The summed E-state index contributed by atoms with van der Waals surface area (Å²) >= 11 is 4.24. The number of hydrogen-bond acceptors (Lipinski definition) is 4. The molecule has 1 aromatic carbocycles. The van der Waals surface area contributed by atoms with Gasteiger partial charge in [-0.2, -0.15) is 5.26 Å². The summed E-state index contributed by atoms with van der Waals surface area (Å²) in [6, 6.07) is 10.2. The molecule has 0 spiro atoms. The van der Waals surface area contributed by atoms with E-state index in [-0.39, 0.29) is 4.21 Å². The van der Waals surface area contributed by atoms with E-state index in [0.29, 0.717) is 15.0 Å². The fourth-order valence-electron chi connectivity index (χ4n) is 1.44. The number of thiophene rings is 1. The van der Waals surface area contributed by atoms with Gasteiger partial charge in [0.2, 0.25) is 0 Å². The molecule has 7 heteroatoms. The van der Waals surface area contributed by atoms with Gasteiger partial charge in [0.1, 0.15) is 15.2 Å². The number of nitrogens with one attached hydrogen (secondary N) is 1. The minimum absolute atomic E-state index is 0.123. The van der Waals surface area contributed by atoms with E-state index in [1.54, 1.807) is 12.1 Å². The van der Waals surface area contributed by atoms with Gasteiger partial charge in [-0.25, -0.2) is 8.42 Å². The molecule has 0 aliphatic heterocycles. The molecule has 0 aliphatic rings. The summed E-state index contributed by atoms with van der Waals surface area (Å²) in [6.07, 6.45) is 0. The molecule has 19 heavy (non-hydrogen) atoms. The summed E-state index contributed by atoms with van der Waals surface area (Å²) in [6.45, 7) is 1.88. The van der Waals surface area contributed by atoms with Crippen molar-refractivity contribution in [3.63, 3.8) is 0 Å². The Morgan fingerprint density at radius 1 is 1.32 bits per heavy atom. The lowest BCUT2D eigenvalue weighted by Gasteiger charge is -2.09. The summed E-state index contributed by atoms with van der Waals surface area (Å²) in [4.78, 5) is 0.365. The second-order valence-electron chi connectivity index (χ2n) is 3.82. The average molecular weight is 357 g/mol. The molecule has 4 nitrogen and oxygen atoms in total. The number of benzene rings is 1. The van der Waals surface area contributed by atoms with E-state index in [1.165, 1.54) is 12.1 Å². The average Bonchev–Trinajstić information content (AvgIpc) is 2.83. The quantitative estimate of drug-likeness (QED) is 0.914. The SMILES string of the molecule is Cc1ccc(Br)c(NS(=O)(=O)c2ccc(C#N)s2)c1. The van der Waals surface area contributed by atoms with Crippen LogP contribution in [0, 0.1) is 18.3 Å². The summed E-state index contributed by atoms with van der Waals surface area (Å²) < 4.78 is 27.6. The normalized spacial score (nSPS) is 11.0. The van der Waals surface area contributed by atoms with Gasteiger partial charge < -0.3 is 0 Å². The Morgan fingerprint density at radius 2 is 2.05 bits per heavy atom. The third-order valence-electron chi connectivity index (χ3n) is 2.32. The molecule has 98 valence electrons. The van der Waals surface area contributed by atoms with Crippen LogP contribution in [0.5, 0.6) is 0 Å². The molecule has 0 bridgehead atoms. The van der Waals surface area contributed by atoms with Gasteiger partial charge in [-0.05, 0) is 52.7 Å². The van der Waals surface area contributed by atoms with Crippen molar-refractivity contribution in [1.82, 2.24) is 0 Å². The van der Waals surface area contributed by atoms with E-state index < -0.39 is 10.0 Å². The summed E-state index contributed by atoms with van der Waals surface area (Å²) in [5.41, 5.74) is 1.43. The van der Waals surface area contributed by atoms with Gasteiger partial charge in [0.05, 0.1) is 5.69 Å². The van der Waals surface area contributed by atoms with Crippen LogP contribution in [-0.4, -0.2) is 8.42 Å². The van der Waals surface area contributed by atoms with E-state index in [4.69, 9.17) is 5.26 Å². The topological polar surface area (TPSA) is 70.0 Å². The van der Waals surface area contributed by atoms with Crippen molar-refractivity contribution in [3.8, 4) is 6.07 Å². The highest BCUT2D eigenvalue weighted by Gasteiger charge is 2.18. The van der Waals surface area contributed by atoms with E-state index >= 15 is 0 Å². The smallest absolute Gasteiger partial charge is 0.271 e. The maximum Gasteiger partial charge on any atom is 0.271 e. The highest BCUT2D eigenvalue weighted by atomic mass is 79.9. The number of nitriles is 1. The molecule has 1 N–H and O–H groups in total. The second-order valence-corrected chi connectivity index (χ2v) is 7.67. The van der Waals surface area contributed by atoms with Crippen LogP contribution in [0.4, 0.5) is 5.69 Å². The number of anilines is 1. The first-order valence-corrected chi connectivity index (χ1v) is 8.30. The molecule has 0 unspecified atom stereocenters. The summed E-state index contributed by atoms with van der Waals surface area (Å²) in [7, 11) is -3.65. The highest BCUT2D eigenvalue weighted by molar-refractivity contribution is 9.10. The molecule has 0 aliphatic carbocycles. The van der Waals surface area contributed by atoms with Crippen LogP contribution in [-0.2, 0) is 10.0 Å². The van der Waals surface area contributed by atoms with Crippen LogP contribution in [0.15, 0.2) is 39.0 Å². The van der Waals surface area contributed by atoms with Gasteiger partial charge in [-0.1, -0.05) is 6.07 Å². The standard InChI is InChI=1S/C12H9BrN2O2S2/c1-8-2-4-10(13)11(6-8)15-19(16,17)12-5-3-9(7-14)18-12/h2-6,15H,1H3. The van der Waals surface area contributed by atoms with Crippen molar-refractivity contribution in [1.29, 1.82) is 5.26 Å². The maximum atomic E-state index is 12.2. The Labute approximate surface area is 123 Å². The monoisotopic (exact) mass is 356 g/mol. The highest BCUT2D eigenvalue weighted by Crippen LogP contribution is 2.28. The van der Waals surface area contributed by atoms with Crippen LogP contribution < -0.4 is 4.72 Å². The molecule has 0 saturated carbocycles. The van der Waals surface area contributed by atoms with Gasteiger partial charge in [-0.3, -0.25) is 4.72 Å². The van der Waals surface area contributed by atoms with Crippen LogP contribution in [0.2, 0.25) is 0 Å². The van der Waals surface area contributed by atoms with Crippen molar-refractivity contribution in [2.45, 2.75) is 11.1 Å². The van der Waals surface area contributed by atoms with Gasteiger partial charge in [0.25, 0.3) is 10.0 Å². The van der Waals surface area contributed by atoms with Crippen LogP contribution in [0.3, 0.4) is 0 Å². The van der Waals surface area contributed by atoms with E-state index in [2.05, 4.69) is 20.7 Å². The first kappa shape index (κ1) is 14.1. The molecule has 2 aromatic rings. The molecule has 0 radical (unpaired) electrons. The predicted molar refractivity (Wildman–Crippen MR) is 78.7 cm³/mol. The van der Waals surface area contributed by atoms with Crippen molar-refractivity contribution >= 4 is 43.0 Å². The summed E-state index contributed by atoms with van der Waals surface area (Å²) in [5, 5.41) is 8.72. The van der Waals surface area contributed by atoms with E-state index in [0.717, 1.165) is 16.9 Å². The fourth-order valence-corrected chi connectivity index (χ4v) is 4.09. The molecule has 0 amide bonds. The van der Waals surface area contributed by atoms with E-state index in [9.17, 15) is 8.42 Å². The fraction of sp³-hybridized carbons (Fsp3) is 0.0833. The Kier molecular flexibility index (Phi) is 3.94. The van der Waals surface area contributed by atoms with Crippen LogP contribution >= 0.6 is 27.3 Å². The lowest BCUT2D eigenvalue weighted by atomic mass is 10.2. The lowest BCUT2D eigenvalue weighted by Crippen LogP contribution is -2.11. The number of aryl methyl sites for hydroxylation is 1. The predicted octanol–water partition coefficient (Wildman–Crippen LogP) is 3.49. The Morgan fingerprint density at radius 3 is 2.68 bits per heavy atom. The molecule has 2 rings (SSSR count). The van der Waals surface area contributed by atoms with Crippen molar-refractivity contribution in [2.24, 2.45) is 0 Å². The van der Waals surface area contributed by atoms with E-state index in [1.807, 2.05) is 19.1 Å². The lowest BCUT2D eigenvalue weighted by molar-refractivity contribution is 0.603. The van der Waals surface area contributed by atoms with Crippen molar-refractivity contribution < 1.29 is 8.42 Å². The zero-order chi connectivity index (χ0) is 14.0. The Balaban J connectivity index is 2.36. The molecule has 0 saturated heterocycles. The molecule has 1 aromatic heterocycles. The molecule has 0 fully saturated rings. The zero-order valence-corrected chi connectivity index (χ0v) is 13.1. The van der Waals surface area contributed by atoms with Gasteiger partial charge in [0.15, 0.2) is 0 Å². The number of halogens is 1. The molecule has 0 atom stereocenters. The van der Waals surface area contributed by atoms with Gasteiger partial charge in [-0.15, -0.1) is 11.3 Å². The number of hydrogen-bond donors (Lipinski definition) is 1. The summed E-state index contributed by atoms with van der Waals surface area (Å²) in [5.74, 6) is 0. The largest absolute Gasteiger partial charge is 0.278 e. The molecular weight excluding hydrogens is 348 g/mol. The number of sulfonamides is 1. The van der Waals surface area contributed by atoms with Gasteiger partial charge in [0, 0.05) is 4.47 Å². The van der Waals surface area contributed by atoms with Crippen LogP contribution in [0.25, 0.3) is 0 Å². The first-order chi connectivity index (χ1) is 8.92. The Bertz CT molecular complexity index is 760. The molecule has 1 heterocycles. The first-order valence-electron chi connectivity index (χ1n) is 5.21. The van der Waals surface area contributed by atoms with Crippen molar-refractivity contribution in [2.75, 3.05) is 4.72 Å². The Hall–Kier alpha value is -1.36. The minimum Gasteiger partial charge on any atom is -0.278 e. The van der Waals surface area contributed by atoms with Crippen molar-refractivity contribution in [3.05, 3.63) is 45.2 Å². The number of nitrogens with zero attached hydrogens (tertiary/aromatic N) is 1.